The van der Waals surface area contributed by atoms with Crippen molar-refractivity contribution in [3.63, 3.8) is 0 Å². The molecule has 1 heterocycles. The molecule has 0 saturated carbocycles. The van der Waals surface area contributed by atoms with Crippen LogP contribution in [-0.2, 0) is 9.53 Å². The molecule has 0 fully saturated rings. The Balaban J connectivity index is 1.65. The summed E-state index contributed by atoms with van der Waals surface area (Å²) in [5.74, 6) is -0.877. The predicted octanol–water partition coefficient (Wildman–Crippen LogP) is 6.51. The Morgan fingerprint density at radius 1 is 0.943 bits per heavy atom. The predicted molar refractivity (Wildman–Crippen MR) is 142 cm³/mol. The Bertz CT molecular complexity index is 1290. The van der Waals surface area contributed by atoms with Crippen LogP contribution in [0.1, 0.15) is 39.8 Å². The number of methoxy groups -OCH3 is 1. The molecule has 3 aromatic carbocycles. The van der Waals surface area contributed by atoms with Crippen molar-refractivity contribution in [2.45, 2.75) is 23.1 Å². The van der Waals surface area contributed by atoms with Crippen LogP contribution >= 0.6 is 27.7 Å². The molecule has 6 nitrogen and oxygen atoms in total. The summed E-state index contributed by atoms with van der Waals surface area (Å²) >= 11 is 4.88. The molecule has 1 amide bonds. The number of nitrogens with one attached hydrogen (secondary N) is 1. The molecule has 4 rings (SSSR count). The maximum atomic E-state index is 13.6. The van der Waals surface area contributed by atoms with Crippen LogP contribution in [0.2, 0.25) is 0 Å². The lowest BCUT2D eigenvalue weighted by atomic mass is 10.1. The van der Waals surface area contributed by atoms with Gasteiger partial charge in [-0.3, -0.25) is 9.48 Å². The average molecular weight is 550 g/mol. The number of thioether (sulfide) groups is 1. The first kappa shape index (κ1) is 24.8. The number of amides is 1. The molecule has 0 spiro atoms. The molecule has 2 unspecified atom stereocenters. The lowest BCUT2D eigenvalue weighted by Crippen LogP contribution is -2.20. The molecule has 1 N–H and O–H groups in total. The highest BCUT2D eigenvalue weighted by molar-refractivity contribution is 9.10. The van der Waals surface area contributed by atoms with E-state index in [4.69, 9.17) is 4.74 Å². The molecule has 35 heavy (non-hydrogen) atoms. The van der Waals surface area contributed by atoms with Crippen LogP contribution in [0.25, 0.3) is 0 Å². The molecular formula is C27H24BrN3O3S. The summed E-state index contributed by atoms with van der Waals surface area (Å²) in [5, 5.41) is 6.84. The minimum atomic E-state index is -0.615. The van der Waals surface area contributed by atoms with E-state index in [1.165, 1.54) is 18.9 Å². The molecule has 0 aliphatic heterocycles. The maximum absolute atomic E-state index is 13.6. The zero-order valence-corrected chi connectivity index (χ0v) is 21.6. The standard InChI is InChI=1S/C27H24BrN3O3S/c1-18(19-9-5-3-6-10-19)31-17-23(24(30-31)27(33)34-2)29-26(32)25(20-11-7-4-8-12-20)35-22-15-13-21(28)14-16-22/h3-18,25H,1-2H3,(H,29,32). The summed E-state index contributed by atoms with van der Waals surface area (Å²) in [7, 11) is 1.30. The first-order valence-corrected chi connectivity index (χ1v) is 12.6. The number of benzene rings is 3. The smallest absolute Gasteiger partial charge is 0.360 e. The number of carbonyl (C=O) groups excluding carboxylic acids is 2. The highest BCUT2D eigenvalue weighted by Crippen LogP contribution is 2.37. The van der Waals surface area contributed by atoms with Gasteiger partial charge in [0.2, 0.25) is 5.91 Å². The van der Waals surface area contributed by atoms with Gasteiger partial charge in [-0.15, -0.1) is 11.8 Å². The fourth-order valence-corrected chi connectivity index (χ4v) is 4.85. The van der Waals surface area contributed by atoms with Gasteiger partial charge in [0.05, 0.1) is 25.0 Å². The zero-order chi connectivity index (χ0) is 24.8. The molecular weight excluding hydrogens is 526 g/mol. The number of nitrogens with zero attached hydrogens (tertiary/aromatic N) is 2. The molecule has 8 heteroatoms. The van der Waals surface area contributed by atoms with E-state index in [9.17, 15) is 9.59 Å². The topological polar surface area (TPSA) is 73.2 Å². The summed E-state index contributed by atoms with van der Waals surface area (Å²) in [4.78, 5) is 27.0. The first-order chi connectivity index (χ1) is 17.0. The van der Waals surface area contributed by atoms with Crippen molar-refractivity contribution < 1.29 is 14.3 Å². The first-order valence-electron chi connectivity index (χ1n) is 11.0. The Hall–Kier alpha value is -3.36. The number of anilines is 1. The van der Waals surface area contributed by atoms with E-state index in [2.05, 4.69) is 26.3 Å². The van der Waals surface area contributed by atoms with Gasteiger partial charge in [0, 0.05) is 9.37 Å². The Labute approximate surface area is 216 Å². The van der Waals surface area contributed by atoms with Crippen LogP contribution in [0.5, 0.6) is 0 Å². The summed E-state index contributed by atoms with van der Waals surface area (Å²) in [6.45, 7) is 1.98. The van der Waals surface area contributed by atoms with Crippen LogP contribution in [-0.4, -0.2) is 28.8 Å². The third kappa shape index (κ3) is 6.01. The van der Waals surface area contributed by atoms with Crippen LogP contribution in [0.4, 0.5) is 5.69 Å². The molecule has 0 aliphatic rings. The van der Waals surface area contributed by atoms with Gasteiger partial charge in [-0.05, 0) is 42.3 Å². The van der Waals surface area contributed by atoms with Gasteiger partial charge < -0.3 is 10.1 Å². The minimum absolute atomic E-state index is 0.0593. The van der Waals surface area contributed by atoms with Gasteiger partial charge in [-0.2, -0.15) is 5.10 Å². The van der Waals surface area contributed by atoms with Crippen molar-refractivity contribution in [2.24, 2.45) is 0 Å². The number of esters is 1. The second-order valence-electron chi connectivity index (χ2n) is 7.80. The number of carbonyl (C=O) groups is 2. The van der Waals surface area contributed by atoms with Gasteiger partial charge in [-0.25, -0.2) is 4.79 Å². The lowest BCUT2D eigenvalue weighted by Gasteiger charge is -2.17. The molecule has 0 bridgehead atoms. The maximum Gasteiger partial charge on any atom is 0.360 e. The number of aromatic nitrogens is 2. The zero-order valence-electron chi connectivity index (χ0n) is 19.2. The van der Waals surface area contributed by atoms with Gasteiger partial charge >= 0.3 is 5.97 Å². The van der Waals surface area contributed by atoms with Crippen molar-refractivity contribution in [1.82, 2.24) is 9.78 Å². The summed E-state index contributed by atoms with van der Waals surface area (Å²) in [6.07, 6.45) is 1.67. The summed E-state index contributed by atoms with van der Waals surface area (Å²) < 4.78 is 7.56. The fraction of sp³-hybridized carbons (Fsp3) is 0.148. The molecule has 0 aliphatic carbocycles. The number of hydrogen-bond acceptors (Lipinski definition) is 5. The second kappa shape index (κ2) is 11.4. The van der Waals surface area contributed by atoms with Crippen molar-refractivity contribution in [1.29, 1.82) is 0 Å². The van der Waals surface area contributed by atoms with Crippen molar-refractivity contribution in [3.05, 3.63) is 112 Å². The van der Waals surface area contributed by atoms with E-state index in [1.54, 1.807) is 10.9 Å². The third-order valence-electron chi connectivity index (χ3n) is 5.46. The van der Waals surface area contributed by atoms with Crippen LogP contribution in [0.15, 0.2) is 100 Å². The average Bonchev–Trinajstić information content (AvgIpc) is 3.32. The largest absolute Gasteiger partial charge is 0.464 e. The number of ether oxygens (including phenoxy) is 1. The monoisotopic (exact) mass is 549 g/mol. The van der Waals surface area contributed by atoms with Crippen LogP contribution < -0.4 is 5.32 Å². The lowest BCUT2D eigenvalue weighted by molar-refractivity contribution is -0.115. The fourth-order valence-electron chi connectivity index (χ4n) is 3.56. The highest BCUT2D eigenvalue weighted by atomic mass is 79.9. The number of rotatable bonds is 8. The molecule has 0 radical (unpaired) electrons. The quantitative estimate of drug-likeness (QED) is 0.200. The van der Waals surface area contributed by atoms with E-state index < -0.39 is 11.2 Å². The van der Waals surface area contributed by atoms with Crippen LogP contribution in [0, 0.1) is 0 Å². The molecule has 2 atom stereocenters. The van der Waals surface area contributed by atoms with E-state index in [0.29, 0.717) is 5.69 Å². The summed E-state index contributed by atoms with van der Waals surface area (Å²) in [6, 6.07) is 27.0. The van der Waals surface area contributed by atoms with E-state index >= 15 is 0 Å². The number of halogens is 1. The Morgan fingerprint density at radius 2 is 1.54 bits per heavy atom. The van der Waals surface area contributed by atoms with Crippen LogP contribution in [0.3, 0.4) is 0 Å². The van der Waals surface area contributed by atoms with Gasteiger partial charge in [0.1, 0.15) is 5.25 Å². The van der Waals surface area contributed by atoms with Crippen molar-refractivity contribution >= 4 is 45.3 Å². The molecule has 178 valence electrons. The Morgan fingerprint density at radius 3 is 2.14 bits per heavy atom. The van der Waals surface area contributed by atoms with Gasteiger partial charge in [-0.1, -0.05) is 76.6 Å². The van der Waals surface area contributed by atoms with E-state index in [-0.39, 0.29) is 17.6 Å². The van der Waals surface area contributed by atoms with Crippen molar-refractivity contribution in [2.75, 3.05) is 12.4 Å². The van der Waals surface area contributed by atoms with Gasteiger partial charge in [0.25, 0.3) is 0 Å². The minimum Gasteiger partial charge on any atom is -0.464 e. The van der Waals surface area contributed by atoms with E-state index in [0.717, 1.165) is 20.5 Å². The molecule has 0 saturated heterocycles. The van der Waals surface area contributed by atoms with Gasteiger partial charge in [0.15, 0.2) is 5.69 Å². The van der Waals surface area contributed by atoms with Crippen molar-refractivity contribution in [3.8, 4) is 0 Å². The SMILES string of the molecule is COC(=O)c1nn(C(C)c2ccccc2)cc1NC(=O)C(Sc1ccc(Br)cc1)c1ccccc1. The van der Waals surface area contributed by atoms with E-state index in [1.807, 2.05) is 91.9 Å². The highest BCUT2D eigenvalue weighted by Gasteiger charge is 2.27. The Kier molecular flexibility index (Phi) is 8.05. The third-order valence-corrected chi connectivity index (χ3v) is 7.25. The molecule has 4 aromatic rings. The second-order valence-corrected chi connectivity index (χ2v) is 9.90. The summed E-state index contributed by atoms with van der Waals surface area (Å²) in [5.41, 5.74) is 2.24. The normalized spacial score (nSPS) is 12.5. The molecule has 1 aromatic heterocycles. The number of hydrogen-bond donors (Lipinski definition) is 1.